The summed E-state index contributed by atoms with van der Waals surface area (Å²) in [6.07, 6.45) is 1.46. The topological polar surface area (TPSA) is 94.5 Å². The number of benzene rings is 2. The van der Waals surface area contributed by atoms with Crippen molar-refractivity contribution in [2.75, 3.05) is 5.43 Å². The molecule has 0 aliphatic carbocycles. The van der Waals surface area contributed by atoms with Crippen molar-refractivity contribution in [3.05, 3.63) is 86.3 Å². The summed E-state index contributed by atoms with van der Waals surface area (Å²) < 4.78 is 3.34. The highest BCUT2D eigenvalue weighted by Gasteiger charge is 2.14. The SMILES string of the molecule is Cc1c(/C=N\Nc2ccc([N+](=O)[O-])cc2)c(=O)n(-c2ccccc2)n1C. The third kappa shape index (κ3) is 3.25. The van der Waals surface area contributed by atoms with Crippen LogP contribution in [0.25, 0.3) is 5.69 Å². The van der Waals surface area contributed by atoms with E-state index in [9.17, 15) is 14.9 Å². The molecule has 3 aromatic rings. The van der Waals surface area contributed by atoms with Gasteiger partial charge in [0.1, 0.15) is 0 Å². The van der Waals surface area contributed by atoms with Gasteiger partial charge in [-0.05, 0) is 31.2 Å². The highest BCUT2D eigenvalue weighted by atomic mass is 16.6. The smallest absolute Gasteiger partial charge is 0.280 e. The lowest BCUT2D eigenvalue weighted by molar-refractivity contribution is -0.384. The molecule has 26 heavy (non-hydrogen) atoms. The number of aromatic nitrogens is 2. The zero-order valence-electron chi connectivity index (χ0n) is 14.3. The van der Waals surface area contributed by atoms with Gasteiger partial charge in [-0.1, -0.05) is 18.2 Å². The fourth-order valence-corrected chi connectivity index (χ4v) is 2.57. The molecule has 0 saturated heterocycles. The maximum Gasteiger partial charge on any atom is 0.280 e. The van der Waals surface area contributed by atoms with E-state index in [4.69, 9.17) is 0 Å². The van der Waals surface area contributed by atoms with Crippen LogP contribution in [0.3, 0.4) is 0 Å². The molecular weight excluding hydrogens is 334 g/mol. The highest BCUT2D eigenvalue weighted by molar-refractivity contribution is 5.81. The fraction of sp³-hybridized carbons (Fsp3) is 0.111. The van der Waals surface area contributed by atoms with E-state index in [1.54, 1.807) is 21.5 Å². The molecule has 0 atom stereocenters. The number of hydrazone groups is 1. The van der Waals surface area contributed by atoms with Gasteiger partial charge in [-0.3, -0.25) is 25.0 Å². The van der Waals surface area contributed by atoms with Crippen LogP contribution in [0.15, 0.2) is 64.5 Å². The van der Waals surface area contributed by atoms with Crippen LogP contribution in [0.2, 0.25) is 0 Å². The molecule has 0 fully saturated rings. The van der Waals surface area contributed by atoms with Crippen LogP contribution in [0.4, 0.5) is 11.4 Å². The van der Waals surface area contributed by atoms with E-state index in [0.29, 0.717) is 11.3 Å². The molecule has 0 amide bonds. The van der Waals surface area contributed by atoms with Gasteiger partial charge in [0.2, 0.25) is 0 Å². The summed E-state index contributed by atoms with van der Waals surface area (Å²) in [4.78, 5) is 22.9. The van der Waals surface area contributed by atoms with Crippen molar-refractivity contribution in [1.29, 1.82) is 0 Å². The number of hydrogen-bond donors (Lipinski definition) is 1. The highest BCUT2D eigenvalue weighted by Crippen LogP contribution is 2.15. The summed E-state index contributed by atoms with van der Waals surface area (Å²) in [6, 6.07) is 15.2. The summed E-state index contributed by atoms with van der Waals surface area (Å²) >= 11 is 0. The molecule has 1 N–H and O–H groups in total. The van der Waals surface area contributed by atoms with Gasteiger partial charge >= 0.3 is 0 Å². The lowest BCUT2D eigenvalue weighted by Gasteiger charge is -2.07. The Morgan fingerprint density at radius 2 is 1.77 bits per heavy atom. The minimum Gasteiger partial charge on any atom is -0.285 e. The van der Waals surface area contributed by atoms with Gasteiger partial charge in [-0.25, -0.2) is 4.68 Å². The lowest BCUT2D eigenvalue weighted by Crippen LogP contribution is -2.20. The number of para-hydroxylation sites is 1. The first-order valence-electron chi connectivity index (χ1n) is 7.86. The fourth-order valence-electron chi connectivity index (χ4n) is 2.57. The van der Waals surface area contributed by atoms with Gasteiger partial charge in [0.05, 0.1) is 28.1 Å². The van der Waals surface area contributed by atoms with Crippen LogP contribution in [-0.4, -0.2) is 20.5 Å². The molecule has 3 rings (SSSR count). The molecule has 0 saturated carbocycles. The standard InChI is InChI=1S/C18H17N5O3/c1-13-17(12-19-20-14-8-10-16(11-9-14)23(25)26)18(24)22(21(13)2)15-6-4-3-5-7-15/h3-12,20H,1-2H3/b19-12-. The van der Waals surface area contributed by atoms with Crippen LogP contribution in [0.1, 0.15) is 11.3 Å². The van der Waals surface area contributed by atoms with Gasteiger partial charge in [-0.2, -0.15) is 5.10 Å². The van der Waals surface area contributed by atoms with E-state index in [1.807, 2.05) is 44.3 Å². The van der Waals surface area contributed by atoms with Gasteiger partial charge in [0.25, 0.3) is 11.2 Å². The van der Waals surface area contributed by atoms with Crippen LogP contribution in [0, 0.1) is 17.0 Å². The number of anilines is 1. The van der Waals surface area contributed by atoms with E-state index >= 15 is 0 Å². The van der Waals surface area contributed by atoms with E-state index in [-0.39, 0.29) is 11.2 Å². The first-order chi connectivity index (χ1) is 12.5. The zero-order chi connectivity index (χ0) is 18.7. The minimum atomic E-state index is -0.466. The molecule has 0 unspecified atom stereocenters. The average Bonchev–Trinajstić information content (AvgIpc) is 2.86. The summed E-state index contributed by atoms with van der Waals surface area (Å²) in [7, 11) is 1.81. The van der Waals surface area contributed by atoms with E-state index in [2.05, 4.69) is 10.5 Å². The second kappa shape index (κ2) is 7.06. The molecular formula is C18H17N5O3. The largest absolute Gasteiger partial charge is 0.285 e. The maximum atomic E-state index is 12.7. The number of nitrogens with zero attached hydrogens (tertiary/aromatic N) is 4. The summed E-state index contributed by atoms with van der Waals surface area (Å²) in [5.74, 6) is 0. The lowest BCUT2D eigenvalue weighted by atomic mass is 10.3. The Labute approximate surface area is 149 Å². The van der Waals surface area contributed by atoms with Crippen molar-refractivity contribution < 1.29 is 4.92 Å². The van der Waals surface area contributed by atoms with Gasteiger partial charge < -0.3 is 0 Å². The second-order valence-electron chi connectivity index (χ2n) is 5.65. The molecule has 2 aromatic carbocycles. The van der Waals surface area contributed by atoms with Crippen LogP contribution in [0.5, 0.6) is 0 Å². The van der Waals surface area contributed by atoms with Crippen molar-refractivity contribution in [2.24, 2.45) is 12.1 Å². The third-order valence-corrected chi connectivity index (χ3v) is 4.06. The summed E-state index contributed by atoms with van der Waals surface area (Å²) in [5.41, 5.74) is 5.19. The van der Waals surface area contributed by atoms with Crippen molar-refractivity contribution >= 4 is 17.6 Å². The van der Waals surface area contributed by atoms with Crippen LogP contribution >= 0.6 is 0 Å². The Balaban J connectivity index is 1.85. The molecule has 1 aromatic heterocycles. The molecule has 8 nitrogen and oxygen atoms in total. The predicted octanol–water partition coefficient (Wildman–Crippen LogP) is 2.84. The van der Waals surface area contributed by atoms with Gasteiger partial charge in [0.15, 0.2) is 0 Å². The molecule has 8 heteroatoms. The molecule has 0 spiro atoms. The van der Waals surface area contributed by atoms with Crippen LogP contribution < -0.4 is 11.0 Å². The Hall–Kier alpha value is -3.68. The zero-order valence-corrected chi connectivity index (χ0v) is 14.3. The maximum absolute atomic E-state index is 12.7. The van der Waals surface area contributed by atoms with E-state index < -0.39 is 4.92 Å². The summed E-state index contributed by atoms with van der Waals surface area (Å²) in [6.45, 7) is 1.84. The third-order valence-electron chi connectivity index (χ3n) is 4.06. The van der Waals surface area contributed by atoms with E-state index in [0.717, 1.165) is 11.4 Å². The number of nitro benzene ring substituents is 1. The number of hydrogen-bond acceptors (Lipinski definition) is 5. The molecule has 0 bridgehead atoms. The molecule has 132 valence electrons. The molecule has 0 radical (unpaired) electrons. The van der Waals surface area contributed by atoms with Gasteiger partial charge in [0, 0.05) is 24.9 Å². The van der Waals surface area contributed by atoms with Crippen molar-refractivity contribution in [3.8, 4) is 5.69 Å². The van der Waals surface area contributed by atoms with Crippen molar-refractivity contribution in [3.63, 3.8) is 0 Å². The normalized spacial score (nSPS) is 11.0. The average molecular weight is 351 g/mol. The molecule has 1 heterocycles. The van der Waals surface area contributed by atoms with Gasteiger partial charge in [-0.15, -0.1) is 0 Å². The first-order valence-corrected chi connectivity index (χ1v) is 7.86. The minimum absolute atomic E-state index is 0.00387. The molecule has 0 aliphatic rings. The molecule has 0 aliphatic heterocycles. The van der Waals surface area contributed by atoms with Crippen LogP contribution in [-0.2, 0) is 7.05 Å². The first kappa shape index (κ1) is 17.2. The Bertz CT molecular complexity index is 1020. The Morgan fingerprint density at radius 3 is 2.38 bits per heavy atom. The number of nitrogens with one attached hydrogen (secondary N) is 1. The Kier molecular flexibility index (Phi) is 4.66. The number of nitro groups is 1. The summed E-state index contributed by atoms with van der Waals surface area (Å²) in [5, 5.41) is 14.7. The van der Waals surface area contributed by atoms with Crippen molar-refractivity contribution in [2.45, 2.75) is 6.92 Å². The monoisotopic (exact) mass is 351 g/mol. The number of non-ortho nitro benzene ring substituents is 1. The second-order valence-corrected chi connectivity index (χ2v) is 5.65. The predicted molar refractivity (Wildman–Crippen MR) is 100 cm³/mol. The van der Waals surface area contributed by atoms with E-state index in [1.165, 1.54) is 18.3 Å². The Morgan fingerprint density at radius 1 is 1.12 bits per heavy atom. The number of rotatable bonds is 5. The quantitative estimate of drug-likeness (QED) is 0.434. The van der Waals surface area contributed by atoms with Crippen molar-refractivity contribution in [1.82, 2.24) is 9.36 Å².